The van der Waals surface area contributed by atoms with Crippen molar-refractivity contribution < 1.29 is 9.18 Å². The van der Waals surface area contributed by atoms with E-state index < -0.39 is 0 Å². The molecular formula is C16H23FN2O. The fraction of sp³-hybridized carbons (Fsp3) is 0.562. The summed E-state index contributed by atoms with van der Waals surface area (Å²) < 4.78 is 13.0. The molecule has 1 aromatic carbocycles. The number of nitrogens with two attached hydrogens (primary N) is 1. The summed E-state index contributed by atoms with van der Waals surface area (Å²) in [7, 11) is 0. The summed E-state index contributed by atoms with van der Waals surface area (Å²) in [5.74, 6) is -0.0257. The highest BCUT2D eigenvalue weighted by atomic mass is 19.1. The summed E-state index contributed by atoms with van der Waals surface area (Å²) in [5.41, 5.74) is 6.86. The van der Waals surface area contributed by atoms with E-state index in [-0.39, 0.29) is 29.7 Å². The molecule has 1 aliphatic carbocycles. The maximum atomic E-state index is 13.0. The molecule has 1 amide bonds. The highest BCUT2D eigenvalue weighted by Crippen LogP contribution is 2.29. The first-order chi connectivity index (χ1) is 9.52. The molecule has 0 aromatic heterocycles. The molecule has 0 heterocycles. The van der Waals surface area contributed by atoms with Gasteiger partial charge in [-0.2, -0.15) is 0 Å². The van der Waals surface area contributed by atoms with Crippen LogP contribution in [-0.4, -0.2) is 23.4 Å². The lowest BCUT2D eigenvalue weighted by molar-refractivity contribution is -0.137. The van der Waals surface area contributed by atoms with Crippen LogP contribution < -0.4 is 5.73 Å². The third-order valence-corrected chi connectivity index (χ3v) is 4.27. The Morgan fingerprint density at radius 1 is 1.40 bits per heavy atom. The topological polar surface area (TPSA) is 46.3 Å². The zero-order valence-corrected chi connectivity index (χ0v) is 12.2. The maximum absolute atomic E-state index is 13.0. The highest BCUT2D eigenvalue weighted by molar-refractivity contribution is 5.79. The number of benzene rings is 1. The van der Waals surface area contributed by atoms with Crippen molar-refractivity contribution in [3.63, 3.8) is 0 Å². The van der Waals surface area contributed by atoms with E-state index in [1.807, 2.05) is 18.7 Å². The maximum Gasteiger partial charge on any atom is 0.226 e. The Hall–Kier alpha value is -1.42. The van der Waals surface area contributed by atoms with Gasteiger partial charge in [0.25, 0.3) is 0 Å². The molecule has 1 aromatic rings. The van der Waals surface area contributed by atoms with Gasteiger partial charge >= 0.3 is 0 Å². The SMILES string of the molecule is CCN(C(=O)C1CCC(N)C1)C(C)c1ccc(F)cc1. The van der Waals surface area contributed by atoms with Gasteiger partial charge in [0.15, 0.2) is 0 Å². The Bertz CT molecular complexity index is 460. The largest absolute Gasteiger partial charge is 0.336 e. The molecule has 0 spiro atoms. The minimum absolute atomic E-state index is 0.0371. The lowest BCUT2D eigenvalue weighted by atomic mass is 10.0. The van der Waals surface area contributed by atoms with Crippen LogP contribution in [0.3, 0.4) is 0 Å². The van der Waals surface area contributed by atoms with E-state index >= 15 is 0 Å². The van der Waals surface area contributed by atoms with Gasteiger partial charge in [0, 0.05) is 18.5 Å². The van der Waals surface area contributed by atoms with Crippen molar-refractivity contribution in [1.29, 1.82) is 0 Å². The van der Waals surface area contributed by atoms with E-state index in [2.05, 4.69) is 0 Å². The van der Waals surface area contributed by atoms with Crippen molar-refractivity contribution in [2.75, 3.05) is 6.54 Å². The molecule has 1 aliphatic rings. The summed E-state index contributed by atoms with van der Waals surface area (Å²) >= 11 is 0. The van der Waals surface area contributed by atoms with Gasteiger partial charge in [0.2, 0.25) is 5.91 Å². The molecule has 0 bridgehead atoms. The Kier molecular flexibility index (Phi) is 4.76. The molecule has 0 saturated heterocycles. The van der Waals surface area contributed by atoms with E-state index in [4.69, 9.17) is 5.73 Å². The molecule has 4 heteroatoms. The number of nitrogens with zero attached hydrogens (tertiary/aromatic N) is 1. The summed E-state index contributed by atoms with van der Waals surface area (Å²) in [6.45, 7) is 4.62. The Labute approximate surface area is 120 Å². The lowest BCUT2D eigenvalue weighted by Crippen LogP contribution is -2.37. The lowest BCUT2D eigenvalue weighted by Gasteiger charge is -2.31. The standard InChI is InChI=1S/C16H23FN2O/c1-3-19(16(20)13-6-9-15(18)10-13)11(2)12-4-7-14(17)8-5-12/h4-5,7-8,11,13,15H,3,6,9-10,18H2,1-2H3. The number of rotatable bonds is 4. The van der Waals surface area contributed by atoms with Crippen LogP contribution in [0.4, 0.5) is 4.39 Å². The number of carbonyl (C=O) groups is 1. The Balaban J connectivity index is 2.10. The van der Waals surface area contributed by atoms with Crippen LogP contribution >= 0.6 is 0 Å². The van der Waals surface area contributed by atoms with Crippen LogP contribution in [0.15, 0.2) is 24.3 Å². The smallest absolute Gasteiger partial charge is 0.226 e. The number of carbonyl (C=O) groups excluding carboxylic acids is 1. The van der Waals surface area contributed by atoms with Crippen LogP contribution in [0.2, 0.25) is 0 Å². The first-order valence-electron chi connectivity index (χ1n) is 7.34. The van der Waals surface area contributed by atoms with Gasteiger partial charge in [-0.3, -0.25) is 4.79 Å². The van der Waals surface area contributed by atoms with Crippen LogP contribution in [0, 0.1) is 11.7 Å². The van der Waals surface area contributed by atoms with Crippen molar-refractivity contribution in [1.82, 2.24) is 4.90 Å². The third-order valence-electron chi connectivity index (χ3n) is 4.27. The molecule has 3 unspecified atom stereocenters. The van der Waals surface area contributed by atoms with Gasteiger partial charge in [0.05, 0.1) is 6.04 Å². The molecule has 3 nitrogen and oxygen atoms in total. The summed E-state index contributed by atoms with van der Waals surface area (Å²) in [4.78, 5) is 14.5. The monoisotopic (exact) mass is 278 g/mol. The van der Waals surface area contributed by atoms with Gasteiger partial charge in [-0.1, -0.05) is 12.1 Å². The van der Waals surface area contributed by atoms with Gasteiger partial charge in [-0.25, -0.2) is 4.39 Å². The average Bonchev–Trinajstić information content (AvgIpc) is 2.86. The zero-order valence-electron chi connectivity index (χ0n) is 12.2. The number of amides is 1. The second-order valence-electron chi connectivity index (χ2n) is 5.62. The first kappa shape index (κ1) is 15.0. The van der Waals surface area contributed by atoms with Crippen LogP contribution in [0.5, 0.6) is 0 Å². The molecule has 0 aliphatic heterocycles. The number of halogens is 1. The van der Waals surface area contributed by atoms with Crippen molar-refractivity contribution in [3.05, 3.63) is 35.6 Å². The normalized spacial score (nSPS) is 23.6. The van der Waals surface area contributed by atoms with E-state index in [0.717, 1.165) is 24.8 Å². The third kappa shape index (κ3) is 3.18. The Morgan fingerprint density at radius 2 is 2.05 bits per heavy atom. The summed E-state index contributed by atoms with van der Waals surface area (Å²) in [6.07, 6.45) is 2.59. The minimum Gasteiger partial charge on any atom is -0.336 e. The molecule has 3 atom stereocenters. The van der Waals surface area contributed by atoms with Crippen LogP contribution in [-0.2, 0) is 4.79 Å². The molecule has 2 rings (SSSR count). The van der Waals surface area contributed by atoms with E-state index in [0.29, 0.717) is 6.54 Å². The van der Waals surface area contributed by atoms with Gasteiger partial charge < -0.3 is 10.6 Å². The number of hydrogen-bond donors (Lipinski definition) is 1. The van der Waals surface area contributed by atoms with E-state index in [9.17, 15) is 9.18 Å². The molecule has 2 N–H and O–H groups in total. The second-order valence-corrected chi connectivity index (χ2v) is 5.62. The molecule has 1 saturated carbocycles. The van der Waals surface area contributed by atoms with Gasteiger partial charge in [-0.15, -0.1) is 0 Å². The van der Waals surface area contributed by atoms with Gasteiger partial charge in [-0.05, 0) is 50.8 Å². The fourth-order valence-corrected chi connectivity index (χ4v) is 3.02. The minimum atomic E-state index is -0.253. The fourth-order valence-electron chi connectivity index (χ4n) is 3.02. The molecule has 0 radical (unpaired) electrons. The summed E-state index contributed by atoms with van der Waals surface area (Å²) in [5, 5.41) is 0. The average molecular weight is 278 g/mol. The molecular weight excluding hydrogens is 255 g/mol. The Morgan fingerprint density at radius 3 is 2.55 bits per heavy atom. The van der Waals surface area contributed by atoms with E-state index in [1.54, 1.807) is 12.1 Å². The predicted octanol–water partition coefficient (Wildman–Crippen LogP) is 2.86. The van der Waals surface area contributed by atoms with E-state index in [1.165, 1.54) is 12.1 Å². The van der Waals surface area contributed by atoms with Crippen LogP contribution in [0.25, 0.3) is 0 Å². The second kappa shape index (κ2) is 6.35. The molecule has 110 valence electrons. The quantitative estimate of drug-likeness (QED) is 0.920. The van der Waals surface area contributed by atoms with Crippen LogP contribution in [0.1, 0.15) is 44.7 Å². The molecule has 20 heavy (non-hydrogen) atoms. The highest BCUT2D eigenvalue weighted by Gasteiger charge is 2.32. The van der Waals surface area contributed by atoms with Gasteiger partial charge in [0.1, 0.15) is 5.82 Å². The molecule has 1 fully saturated rings. The summed E-state index contributed by atoms with van der Waals surface area (Å²) in [6, 6.07) is 6.49. The van der Waals surface area contributed by atoms with Crippen molar-refractivity contribution in [3.8, 4) is 0 Å². The van der Waals surface area contributed by atoms with Crippen molar-refractivity contribution in [2.24, 2.45) is 11.7 Å². The predicted molar refractivity (Wildman–Crippen MR) is 77.5 cm³/mol. The van der Waals surface area contributed by atoms with Crippen molar-refractivity contribution >= 4 is 5.91 Å². The van der Waals surface area contributed by atoms with Crippen molar-refractivity contribution in [2.45, 2.75) is 45.2 Å². The zero-order chi connectivity index (χ0) is 14.7. The first-order valence-corrected chi connectivity index (χ1v) is 7.34. The number of hydrogen-bond acceptors (Lipinski definition) is 2.